The molecule has 0 fully saturated rings. The number of hydrogen-bond donors (Lipinski definition) is 2. The molecule has 0 saturated carbocycles. The van der Waals surface area contributed by atoms with Crippen LogP contribution in [-0.4, -0.2) is 10.1 Å². The highest BCUT2D eigenvalue weighted by Gasteiger charge is 2.08. The van der Waals surface area contributed by atoms with Crippen LogP contribution in [0.5, 0.6) is 5.75 Å². The highest BCUT2D eigenvalue weighted by Crippen LogP contribution is 2.32. The number of anilines is 2. The molecule has 0 bridgehead atoms. The van der Waals surface area contributed by atoms with Crippen molar-refractivity contribution in [3.05, 3.63) is 58.2 Å². The lowest BCUT2D eigenvalue weighted by Gasteiger charge is -2.13. The molecule has 21 heavy (non-hydrogen) atoms. The summed E-state index contributed by atoms with van der Waals surface area (Å²) < 4.78 is 0.981. The second kappa shape index (κ2) is 5.37. The topological polar surface area (TPSA) is 45.1 Å². The van der Waals surface area contributed by atoms with Gasteiger partial charge in [0.15, 0.2) is 0 Å². The number of aryl methyl sites for hydroxylation is 2. The van der Waals surface area contributed by atoms with Crippen LogP contribution in [0.3, 0.4) is 0 Å². The van der Waals surface area contributed by atoms with Gasteiger partial charge in [0, 0.05) is 26.9 Å². The van der Waals surface area contributed by atoms with Crippen LogP contribution in [0, 0.1) is 13.8 Å². The van der Waals surface area contributed by atoms with E-state index in [4.69, 9.17) is 0 Å². The molecule has 0 saturated heterocycles. The molecule has 0 unspecified atom stereocenters. The third-order valence-corrected chi connectivity index (χ3v) is 4.04. The van der Waals surface area contributed by atoms with Crippen molar-refractivity contribution in [2.75, 3.05) is 5.32 Å². The van der Waals surface area contributed by atoms with E-state index in [2.05, 4.69) is 26.2 Å². The molecular formula is C17H15BrN2O. The number of nitrogens with zero attached hydrogens (tertiary/aromatic N) is 1. The molecule has 3 rings (SSSR count). The van der Waals surface area contributed by atoms with Crippen LogP contribution >= 0.6 is 15.9 Å². The Hall–Kier alpha value is -2.07. The van der Waals surface area contributed by atoms with Crippen molar-refractivity contribution < 1.29 is 5.11 Å². The van der Waals surface area contributed by atoms with Gasteiger partial charge in [-0.15, -0.1) is 0 Å². The van der Waals surface area contributed by atoms with Crippen molar-refractivity contribution in [2.24, 2.45) is 0 Å². The lowest BCUT2D eigenvalue weighted by Crippen LogP contribution is -1.96. The fourth-order valence-corrected chi connectivity index (χ4v) is 2.83. The van der Waals surface area contributed by atoms with Gasteiger partial charge in [-0.05, 0) is 65.7 Å². The Kier molecular flexibility index (Phi) is 3.55. The van der Waals surface area contributed by atoms with Crippen LogP contribution < -0.4 is 5.32 Å². The number of nitrogens with one attached hydrogen (secondary N) is 1. The van der Waals surface area contributed by atoms with Crippen molar-refractivity contribution in [1.29, 1.82) is 0 Å². The fourth-order valence-electron chi connectivity index (χ4n) is 2.38. The number of fused-ring (bicyclic) bond motifs is 1. The Morgan fingerprint density at radius 3 is 2.62 bits per heavy atom. The Balaban J connectivity index is 2.14. The molecule has 3 aromatic rings. The SMILES string of the molecule is Cc1cc(Nc2ccc(O)cc2C)c2cccc(Br)c2n1. The summed E-state index contributed by atoms with van der Waals surface area (Å²) in [6, 6.07) is 13.4. The van der Waals surface area contributed by atoms with E-state index in [1.165, 1.54) is 0 Å². The van der Waals surface area contributed by atoms with E-state index in [0.717, 1.165) is 38.0 Å². The summed E-state index contributed by atoms with van der Waals surface area (Å²) in [4.78, 5) is 4.59. The number of hydrogen-bond acceptors (Lipinski definition) is 3. The first-order chi connectivity index (χ1) is 10.0. The lowest BCUT2D eigenvalue weighted by atomic mass is 10.1. The smallest absolute Gasteiger partial charge is 0.115 e. The van der Waals surface area contributed by atoms with Crippen LogP contribution in [0.2, 0.25) is 0 Å². The Bertz CT molecular complexity index is 830. The Morgan fingerprint density at radius 1 is 1.05 bits per heavy atom. The number of aromatic nitrogens is 1. The molecule has 4 heteroatoms. The van der Waals surface area contributed by atoms with Gasteiger partial charge in [-0.2, -0.15) is 0 Å². The van der Waals surface area contributed by atoms with Crippen LogP contribution in [0.25, 0.3) is 10.9 Å². The fraction of sp³-hybridized carbons (Fsp3) is 0.118. The maximum Gasteiger partial charge on any atom is 0.115 e. The predicted octanol–water partition coefficient (Wildman–Crippen LogP) is 5.06. The zero-order valence-corrected chi connectivity index (χ0v) is 13.4. The van der Waals surface area contributed by atoms with Gasteiger partial charge in [0.2, 0.25) is 0 Å². The number of phenolic OH excluding ortho intramolecular Hbond substituents is 1. The molecule has 0 spiro atoms. The van der Waals surface area contributed by atoms with Crippen molar-refractivity contribution in [1.82, 2.24) is 4.98 Å². The van der Waals surface area contributed by atoms with Crippen LogP contribution in [0.1, 0.15) is 11.3 Å². The van der Waals surface area contributed by atoms with E-state index in [-0.39, 0.29) is 5.75 Å². The first kappa shape index (κ1) is 13.9. The Labute approximate surface area is 131 Å². The molecule has 0 radical (unpaired) electrons. The number of rotatable bonds is 2. The first-order valence-electron chi connectivity index (χ1n) is 6.67. The zero-order valence-electron chi connectivity index (χ0n) is 11.8. The molecule has 1 aromatic heterocycles. The van der Waals surface area contributed by atoms with E-state index in [1.54, 1.807) is 12.1 Å². The van der Waals surface area contributed by atoms with E-state index in [9.17, 15) is 5.11 Å². The van der Waals surface area contributed by atoms with Crippen molar-refractivity contribution in [3.63, 3.8) is 0 Å². The standard InChI is InChI=1S/C17H15BrN2O/c1-10-8-12(21)6-7-15(10)20-16-9-11(2)19-17-13(16)4-3-5-14(17)18/h3-9,21H,1-2H3,(H,19,20). The quantitative estimate of drug-likeness (QED) is 0.639. The average Bonchev–Trinajstić information content (AvgIpc) is 2.43. The first-order valence-corrected chi connectivity index (χ1v) is 7.46. The summed E-state index contributed by atoms with van der Waals surface area (Å²) >= 11 is 3.55. The predicted molar refractivity (Wildman–Crippen MR) is 90.3 cm³/mol. The number of phenols is 1. The monoisotopic (exact) mass is 342 g/mol. The van der Waals surface area contributed by atoms with E-state index in [0.29, 0.717) is 0 Å². The van der Waals surface area contributed by atoms with Gasteiger partial charge >= 0.3 is 0 Å². The second-order valence-electron chi connectivity index (χ2n) is 5.07. The molecule has 1 heterocycles. The average molecular weight is 343 g/mol. The summed E-state index contributed by atoms with van der Waals surface area (Å²) in [7, 11) is 0. The summed E-state index contributed by atoms with van der Waals surface area (Å²) in [5.74, 6) is 0.275. The molecule has 0 aliphatic heterocycles. The third kappa shape index (κ3) is 2.72. The molecule has 0 aliphatic rings. The number of pyridine rings is 1. The third-order valence-electron chi connectivity index (χ3n) is 3.40. The van der Waals surface area contributed by atoms with Crippen molar-refractivity contribution in [3.8, 4) is 5.75 Å². The maximum absolute atomic E-state index is 9.51. The molecule has 2 N–H and O–H groups in total. The number of benzene rings is 2. The van der Waals surface area contributed by atoms with Gasteiger partial charge in [0.1, 0.15) is 5.75 Å². The van der Waals surface area contributed by atoms with Crippen LogP contribution in [0.15, 0.2) is 46.9 Å². The van der Waals surface area contributed by atoms with Crippen LogP contribution in [-0.2, 0) is 0 Å². The van der Waals surface area contributed by atoms with Crippen molar-refractivity contribution >= 4 is 38.2 Å². The van der Waals surface area contributed by atoms with E-state index < -0.39 is 0 Å². The van der Waals surface area contributed by atoms with Gasteiger partial charge in [-0.3, -0.25) is 4.98 Å². The molecule has 0 atom stereocenters. The molecule has 106 valence electrons. The van der Waals surface area contributed by atoms with Gasteiger partial charge in [0.25, 0.3) is 0 Å². The largest absolute Gasteiger partial charge is 0.508 e. The van der Waals surface area contributed by atoms with Crippen molar-refractivity contribution in [2.45, 2.75) is 13.8 Å². The highest BCUT2D eigenvalue weighted by molar-refractivity contribution is 9.10. The summed E-state index contributed by atoms with van der Waals surface area (Å²) in [5, 5.41) is 14.0. The van der Waals surface area contributed by atoms with Gasteiger partial charge in [0.05, 0.1) is 5.52 Å². The van der Waals surface area contributed by atoms with Gasteiger partial charge < -0.3 is 10.4 Å². The summed E-state index contributed by atoms with van der Waals surface area (Å²) in [5.41, 5.74) is 4.87. The molecule has 0 aliphatic carbocycles. The zero-order chi connectivity index (χ0) is 15.0. The highest BCUT2D eigenvalue weighted by atomic mass is 79.9. The summed E-state index contributed by atoms with van der Waals surface area (Å²) in [6.07, 6.45) is 0. The summed E-state index contributed by atoms with van der Waals surface area (Å²) in [6.45, 7) is 3.95. The van der Waals surface area contributed by atoms with Gasteiger partial charge in [-0.1, -0.05) is 12.1 Å². The minimum Gasteiger partial charge on any atom is -0.508 e. The molecule has 2 aromatic carbocycles. The Morgan fingerprint density at radius 2 is 1.86 bits per heavy atom. The molecular weight excluding hydrogens is 328 g/mol. The number of aromatic hydroxyl groups is 1. The van der Waals surface area contributed by atoms with Crippen LogP contribution in [0.4, 0.5) is 11.4 Å². The number of halogens is 1. The maximum atomic E-state index is 9.51. The minimum atomic E-state index is 0.275. The van der Waals surface area contributed by atoms with E-state index >= 15 is 0 Å². The van der Waals surface area contributed by atoms with E-state index in [1.807, 2.05) is 44.2 Å². The molecule has 3 nitrogen and oxygen atoms in total. The number of para-hydroxylation sites is 1. The normalized spacial score (nSPS) is 10.8. The second-order valence-corrected chi connectivity index (χ2v) is 5.93. The molecule has 0 amide bonds. The lowest BCUT2D eigenvalue weighted by molar-refractivity contribution is 0.475. The minimum absolute atomic E-state index is 0.275. The van der Waals surface area contributed by atoms with Gasteiger partial charge in [-0.25, -0.2) is 0 Å².